The smallest absolute Gasteiger partial charge is 0.460 e. The van der Waals surface area contributed by atoms with E-state index in [4.69, 9.17) is 0 Å². The van der Waals surface area contributed by atoms with E-state index in [1.807, 2.05) is 0 Å². The van der Waals surface area contributed by atoms with Gasteiger partial charge in [-0.3, -0.25) is 9.53 Å². The topological polar surface area (TPSA) is 52.6 Å². The van der Waals surface area contributed by atoms with Gasteiger partial charge in [-0.1, -0.05) is 0 Å². The largest absolute Gasteiger partial charge is 0.465 e. The zero-order chi connectivity index (χ0) is 16.6. The van der Waals surface area contributed by atoms with E-state index in [9.17, 15) is 49.1 Å². The number of halogens is 9. The molecule has 0 spiro atoms. The number of hydrogen-bond donors (Lipinski definition) is 0. The number of alkyl halides is 8. The molecule has 0 rings (SSSR count). The minimum atomic E-state index is -6.73. The molecule has 0 amide bonds. The highest BCUT2D eigenvalue weighted by atomic mass is 19.4. The van der Waals surface area contributed by atoms with Crippen LogP contribution >= 0.6 is 0 Å². The zero-order valence-electron chi connectivity index (χ0n) is 9.03. The van der Waals surface area contributed by atoms with Crippen molar-refractivity contribution in [3.8, 4) is 0 Å². The quantitative estimate of drug-likeness (QED) is 0.452. The van der Waals surface area contributed by atoms with Gasteiger partial charge in [0, 0.05) is 0 Å². The Labute approximate surface area is 103 Å². The molecule has 118 valence electrons. The molecule has 2 unspecified atom stereocenters. The molecule has 0 aromatic heterocycles. The maximum absolute atomic E-state index is 13.2. The molecule has 0 saturated carbocycles. The minimum Gasteiger partial charge on any atom is -0.465 e. The van der Waals surface area contributed by atoms with Crippen molar-refractivity contribution in [2.24, 2.45) is 0 Å². The molecule has 0 bridgehead atoms. The number of ether oxygens (including phenoxy) is 2. The summed E-state index contributed by atoms with van der Waals surface area (Å²) in [6.07, 6.45) is -13.3. The second-order valence-electron chi connectivity index (χ2n) is 3.05. The lowest BCUT2D eigenvalue weighted by Crippen LogP contribution is -2.61. The summed E-state index contributed by atoms with van der Waals surface area (Å²) in [4.78, 5) is 20.4. The van der Waals surface area contributed by atoms with Gasteiger partial charge in [0.2, 0.25) is 0 Å². The highest BCUT2D eigenvalue weighted by molar-refractivity contribution is 5.81. The van der Waals surface area contributed by atoms with E-state index >= 15 is 0 Å². The minimum absolute atomic E-state index is 0.0938. The number of carbonyl (C=O) groups excluding carboxylic acids is 2. The molecule has 0 aromatic rings. The Morgan fingerprint density at radius 1 is 0.800 bits per heavy atom. The molecule has 0 N–H and O–H groups in total. The van der Waals surface area contributed by atoms with Gasteiger partial charge in [-0.25, -0.2) is 4.79 Å². The van der Waals surface area contributed by atoms with Gasteiger partial charge in [-0.2, -0.15) is 39.5 Å². The van der Waals surface area contributed by atoms with Gasteiger partial charge in [0.25, 0.3) is 0 Å². The van der Waals surface area contributed by atoms with Gasteiger partial charge in [0.15, 0.2) is 0 Å². The van der Waals surface area contributed by atoms with Crippen LogP contribution in [0.5, 0.6) is 0 Å². The first-order valence-corrected chi connectivity index (χ1v) is 4.13. The Kier molecular flexibility index (Phi) is 4.71. The molecule has 0 fully saturated rings. The van der Waals surface area contributed by atoms with Crippen molar-refractivity contribution in [2.45, 2.75) is 24.1 Å². The third kappa shape index (κ3) is 2.96. The highest BCUT2D eigenvalue weighted by Gasteiger charge is 2.75. The van der Waals surface area contributed by atoms with Crippen molar-refractivity contribution >= 4 is 12.0 Å². The van der Waals surface area contributed by atoms with Crippen molar-refractivity contribution in [1.82, 2.24) is 0 Å². The van der Waals surface area contributed by atoms with Gasteiger partial charge >= 0.3 is 36.1 Å². The molecule has 0 aliphatic rings. The summed E-state index contributed by atoms with van der Waals surface area (Å²) in [5, 5.41) is 0. The standard InChI is InChI=1S/C7H3F9O4/c1-19-3(18)5(10,7(14,15)16)20-4(9,2(8)17)6(11,12)13/h1H3. The van der Waals surface area contributed by atoms with Crippen LogP contribution in [0.3, 0.4) is 0 Å². The summed E-state index contributed by atoms with van der Waals surface area (Å²) in [5.41, 5.74) is 0. The summed E-state index contributed by atoms with van der Waals surface area (Å²) in [5.74, 6) is -15.6. The molecule has 20 heavy (non-hydrogen) atoms. The van der Waals surface area contributed by atoms with Crippen LogP contribution in [0.25, 0.3) is 0 Å². The van der Waals surface area contributed by atoms with Crippen molar-refractivity contribution in [3.63, 3.8) is 0 Å². The van der Waals surface area contributed by atoms with E-state index in [1.54, 1.807) is 0 Å². The third-order valence-corrected chi connectivity index (χ3v) is 1.71. The number of rotatable bonds is 4. The summed E-state index contributed by atoms with van der Waals surface area (Å²) in [6.45, 7) is 0. The fourth-order valence-electron chi connectivity index (χ4n) is 0.750. The van der Waals surface area contributed by atoms with Gasteiger partial charge in [0.1, 0.15) is 0 Å². The number of hydrogen-bond acceptors (Lipinski definition) is 4. The predicted molar refractivity (Wildman–Crippen MR) is 39.0 cm³/mol. The summed E-state index contributed by atoms with van der Waals surface area (Å²) >= 11 is 0. The van der Waals surface area contributed by atoms with Crippen LogP contribution in [0.2, 0.25) is 0 Å². The molecule has 0 aromatic carbocycles. The zero-order valence-corrected chi connectivity index (χ0v) is 9.03. The third-order valence-electron chi connectivity index (χ3n) is 1.71. The van der Waals surface area contributed by atoms with Gasteiger partial charge in [0.05, 0.1) is 7.11 Å². The van der Waals surface area contributed by atoms with E-state index in [0.717, 1.165) is 0 Å². The average molecular weight is 322 g/mol. The lowest BCUT2D eigenvalue weighted by Gasteiger charge is -2.31. The number of carbonyl (C=O) groups is 2. The number of esters is 1. The summed E-state index contributed by atoms with van der Waals surface area (Å²) < 4.78 is 116. The van der Waals surface area contributed by atoms with Crippen LogP contribution in [0, 0.1) is 0 Å². The normalized spacial score (nSPS) is 18.9. The first-order valence-electron chi connectivity index (χ1n) is 4.13. The predicted octanol–water partition coefficient (Wildman–Crippen LogP) is 2.13. The van der Waals surface area contributed by atoms with Crippen molar-refractivity contribution in [1.29, 1.82) is 0 Å². The molecule has 0 heterocycles. The van der Waals surface area contributed by atoms with Crippen LogP contribution in [0.15, 0.2) is 0 Å². The maximum Gasteiger partial charge on any atom is 0.460 e. The van der Waals surface area contributed by atoms with E-state index in [0.29, 0.717) is 0 Å². The molecule has 0 saturated heterocycles. The van der Waals surface area contributed by atoms with E-state index < -0.39 is 36.1 Å². The van der Waals surface area contributed by atoms with E-state index in [1.165, 1.54) is 0 Å². The van der Waals surface area contributed by atoms with Gasteiger partial charge in [-0.05, 0) is 0 Å². The second-order valence-corrected chi connectivity index (χ2v) is 3.05. The first kappa shape index (κ1) is 18.5. The lowest BCUT2D eigenvalue weighted by molar-refractivity contribution is -0.410. The monoisotopic (exact) mass is 322 g/mol. The average Bonchev–Trinajstić information content (AvgIpc) is 2.24. The molecule has 4 nitrogen and oxygen atoms in total. The van der Waals surface area contributed by atoms with Crippen LogP contribution in [0.1, 0.15) is 0 Å². The SMILES string of the molecule is COC(=O)C(F)(OC(F)(C(=O)F)C(F)(F)F)C(F)(F)F. The Morgan fingerprint density at radius 3 is 1.35 bits per heavy atom. The summed E-state index contributed by atoms with van der Waals surface area (Å²) in [6, 6.07) is -4.14. The van der Waals surface area contributed by atoms with Crippen LogP contribution < -0.4 is 0 Å². The molecular weight excluding hydrogens is 319 g/mol. The molecule has 0 aliphatic carbocycles. The van der Waals surface area contributed by atoms with Crippen molar-refractivity contribution < 1.29 is 58.6 Å². The molecular formula is C7H3F9O4. The fourth-order valence-corrected chi connectivity index (χ4v) is 0.750. The number of methoxy groups -OCH3 is 1. The van der Waals surface area contributed by atoms with Gasteiger partial charge in [-0.15, -0.1) is 0 Å². The molecule has 2 atom stereocenters. The first-order chi connectivity index (χ1) is 8.63. The van der Waals surface area contributed by atoms with Crippen molar-refractivity contribution in [3.05, 3.63) is 0 Å². The maximum atomic E-state index is 13.2. The van der Waals surface area contributed by atoms with E-state index in [-0.39, 0.29) is 7.11 Å². The summed E-state index contributed by atoms with van der Waals surface area (Å²) in [7, 11) is 0.0938. The fraction of sp³-hybridized carbons (Fsp3) is 0.714. The van der Waals surface area contributed by atoms with Crippen LogP contribution in [-0.2, 0) is 19.1 Å². The Bertz CT molecular complexity index is 402. The van der Waals surface area contributed by atoms with Crippen LogP contribution in [-0.4, -0.2) is 43.2 Å². The molecule has 0 radical (unpaired) electrons. The lowest BCUT2D eigenvalue weighted by atomic mass is 10.2. The Morgan fingerprint density at radius 2 is 1.15 bits per heavy atom. The van der Waals surface area contributed by atoms with Crippen LogP contribution in [0.4, 0.5) is 39.5 Å². The molecule has 0 aliphatic heterocycles. The van der Waals surface area contributed by atoms with E-state index in [2.05, 4.69) is 9.47 Å². The highest BCUT2D eigenvalue weighted by Crippen LogP contribution is 2.45. The second kappa shape index (κ2) is 5.10. The molecule has 13 heteroatoms. The van der Waals surface area contributed by atoms with Gasteiger partial charge < -0.3 is 4.74 Å². The van der Waals surface area contributed by atoms with Crippen molar-refractivity contribution in [2.75, 3.05) is 7.11 Å². The Balaban J connectivity index is 5.91. The Hall–Kier alpha value is -1.53.